The highest BCUT2D eigenvalue weighted by atomic mass is 16.1. The van der Waals surface area contributed by atoms with E-state index in [1.54, 1.807) is 29.2 Å². The third-order valence-electron chi connectivity index (χ3n) is 3.16. The summed E-state index contributed by atoms with van der Waals surface area (Å²) in [5, 5.41) is 10.4. The van der Waals surface area contributed by atoms with Crippen LogP contribution in [0.1, 0.15) is 23.2 Å². The maximum atomic E-state index is 12.2. The van der Waals surface area contributed by atoms with E-state index in [1.807, 2.05) is 0 Å². The standard InChI is InChI=1S/C12H15N5O/c18-12(16-9-3-1-4-13-7-9)10-8-15-17-6-2-5-14-11(10)17/h2,5-6,8-9,13H,1,3-4,7H2,(H,16,18)/t9-/m0/s1. The molecule has 1 aliphatic rings. The molecule has 3 heterocycles. The molecule has 1 aliphatic heterocycles. The van der Waals surface area contributed by atoms with Crippen molar-refractivity contribution in [3.05, 3.63) is 30.2 Å². The van der Waals surface area contributed by atoms with Crippen LogP contribution < -0.4 is 10.6 Å². The van der Waals surface area contributed by atoms with Crippen molar-refractivity contribution in [1.29, 1.82) is 0 Å². The Balaban J connectivity index is 1.79. The molecule has 1 saturated heterocycles. The average molecular weight is 245 g/mol. The Labute approximate surface area is 104 Å². The van der Waals surface area contributed by atoms with Crippen molar-refractivity contribution in [2.24, 2.45) is 0 Å². The number of aromatic nitrogens is 3. The molecule has 2 aromatic heterocycles. The van der Waals surface area contributed by atoms with Gasteiger partial charge in [0.25, 0.3) is 5.91 Å². The number of hydrogen-bond acceptors (Lipinski definition) is 4. The predicted octanol–water partition coefficient (Wildman–Crippen LogP) is 0.211. The first-order valence-electron chi connectivity index (χ1n) is 6.14. The number of piperidine rings is 1. The van der Waals surface area contributed by atoms with Gasteiger partial charge in [-0.3, -0.25) is 4.79 Å². The molecule has 0 spiro atoms. The second-order valence-corrected chi connectivity index (χ2v) is 4.46. The maximum Gasteiger partial charge on any atom is 0.257 e. The Bertz CT molecular complexity index is 558. The van der Waals surface area contributed by atoms with Crippen molar-refractivity contribution in [3.8, 4) is 0 Å². The molecule has 18 heavy (non-hydrogen) atoms. The molecule has 0 saturated carbocycles. The van der Waals surface area contributed by atoms with Gasteiger partial charge in [0, 0.05) is 25.0 Å². The molecule has 3 rings (SSSR count). The fraction of sp³-hybridized carbons (Fsp3) is 0.417. The van der Waals surface area contributed by atoms with Crippen molar-refractivity contribution in [1.82, 2.24) is 25.2 Å². The number of rotatable bonds is 2. The van der Waals surface area contributed by atoms with Crippen LogP contribution in [0.25, 0.3) is 5.65 Å². The van der Waals surface area contributed by atoms with Gasteiger partial charge in [0.15, 0.2) is 5.65 Å². The topological polar surface area (TPSA) is 71.3 Å². The van der Waals surface area contributed by atoms with Crippen LogP contribution in [0.5, 0.6) is 0 Å². The molecule has 0 aliphatic carbocycles. The SMILES string of the molecule is O=C(N[C@H]1CCCNC1)c1cnn2cccnc12. The number of nitrogens with one attached hydrogen (secondary N) is 2. The molecule has 1 fully saturated rings. The van der Waals surface area contributed by atoms with Crippen LogP contribution in [0.3, 0.4) is 0 Å². The van der Waals surface area contributed by atoms with Gasteiger partial charge in [0.2, 0.25) is 0 Å². The highest BCUT2D eigenvalue weighted by Crippen LogP contribution is 2.08. The van der Waals surface area contributed by atoms with Crippen molar-refractivity contribution in [2.45, 2.75) is 18.9 Å². The molecule has 0 aromatic carbocycles. The molecular weight excluding hydrogens is 230 g/mol. The van der Waals surface area contributed by atoms with Gasteiger partial charge in [0.1, 0.15) is 5.56 Å². The molecule has 0 unspecified atom stereocenters. The van der Waals surface area contributed by atoms with E-state index >= 15 is 0 Å². The zero-order chi connectivity index (χ0) is 12.4. The maximum absolute atomic E-state index is 12.2. The third-order valence-corrected chi connectivity index (χ3v) is 3.16. The number of nitrogens with zero attached hydrogens (tertiary/aromatic N) is 3. The van der Waals surface area contributed by atoms with Crippen molar-refractivity contribution < 1.29 is 4.79 Å². The summed E-state index contributed by atoms with van der Waals surface area (Å²) in [6.07, 6.45) is 7.12. The normalized spacial score (nSPS) is 19.9. The van der Waals surface area contributed by atoms with Gasteiger partial charge in [-0.2, -0.15) is 5.10 Å². The lowest BCUT2D eigenvalue weighted by Crippen LogP contribution is -2.45. The Kier molecular flexibility index (Phi) is 2.93. The summed E-state index contributed by atoms with van der Waals surface area (Å²) in [6, 6.07) is 1.98. The Morgan fingerprint density at radius 1 is 1.56 bits per heavy atom. The summed E-state index contributed by atoms with van der Waals surface area (Å²) in [4.78, 5) is 16.3. The van der Waals surface area contributed by atoms with Gasteiger partial charge in [0.05, 0.1) is 6.20 Å². The monoisotopic (exact) mass is 245 g/mol. The summed E-state index contributed by atoms with van der Waals surface area (Å²) >= 11 is 0. The first kappa shape index (κ1) is 11.2. The van der Waals surface area contributed by atoms with Crippen LogP contribution in [0, 0.1) is 0 Å². The third kappa shape index (κ3) is 2.06. The van der Waals surface area contributed by atoms with Gasteiger partial charge in [-0.1, -0.05) is 0 Å². The molecule has 2 N–H and O–H groups in total. The summed E-state index contributed by atoms with van der Waals surface area (Å²) in [7, 11) is 0. The first-order chi connectivity index (χ1) is 8.84. The molecule has 0 bridgehead atoms. The van der Waals surface area contributed by atoms with E-state index in [1.165, 1.54) is 0 Å². The van der Waals surface area contributed by atoms with Crippen LogP contribution in [0.15, 0.2) is 24.7 Å². The van der Waals surface area contributed by atoms with Crippen LogP contribution in [0.2, 0.25) is 0 Å². The fourth-order valence-electron chi connectivity index (χ4n) is 2.23. The van der Waals surface area contributed by atoms with E-state index < -0.39 is 0 Å². The second-order valence-electron chi connectivity index (χ2n) is 4.46. The lowest BCUT2D eigenvalue weighted by molar-refractivity contribution is 0.0932. The summed E-state index contributed by atoms with van der Waals surface area (Å²) in [5.41, 5.74) is 1.12. The van der Waals surface area contributed by atoms with E-state index in [4.69, 9.17) is 0 Å². The minimum Gasteiger partial charge on any atom is -0.348 e. The van der Waals surface area contributed by atoms with Gasteiger partial charge in [-0.05, 0) is 25.5 Å². The highest BCUT2D eigenvalue weighted by Gasteiger charge is 2.19. The second kappa shape index (κ2) is 4.73. The predicted molar refractivity (Wildman–Crippen MR) is 66.3 cm³/mol. The Hall–Kier alpha value is -1.95. The quantitative estimate of drug-likeness (QED) is 0.793. The van der Waals surface area contributed by atoms with Gasteiger partial charge in [-0.15, -0.1) is 0 Å². The summed E-state index contributed by atoms with van der Waals surface area (Å²) in [6.45, 7) is 1.86. The lowest BCUT2D eigenvalue weighted by atomic mass is 10.1. The summed E-state index contributed by atoms with van der Waals surface area (Å²) < 4.78 is 1.61. The zero-order valence-corrected chi connectivity index (χ0v) is 9.97. The largest absolute Gasteiger partial charge is 0.348 e. The zero-order valence-electron chi connectivity index (χ0n) is 9.97. The molecule has 6 nitrogen and oxygen atoms in total. The van der Waals surface area contributed by atoms with E-state index in [-0.39, 0.29) is 11.9 Å². The fourth-order valence-corrected chi connectivity index (χ4v) is 2.23. The van der Waals surface area contributed by atoms with Crippen molar-refractivity contribution >= 4 is 11.6 Å². The first-order valence-corrected chi connectivity index (χ1v) is 6.14. The highest BCUT2D eigenvalue weighted by molar-refractivity contribution is 5.99. The molecular formula is C12H15N5O. The van der Waals surface area contributed by atoms with Gasteiger partial charge >= 0.3 is 0 Å². The van der Waals surface area contributed by atoms with Gasteiger partial charge in [-0.25, -0.2) is 9.50 Å². The Morgan fingerprint density at radius 3 is 3.33 bits per heavy atom. The molecule has 94 valence electrons. The summed E-state index contributed by atoms with van der Waals surface area (Å²) in [5.74, 6) is -0.0996. The lowest BCUT2D eigenvalue weighted by Gasteiger charge is -2.23. The van der Waals surface area contributed by atoms with Crippen molar-refractivity contribution in [2.75, 3.05) is 13.1 Å². The van der Waals surface area contributed by atoms with Crippen LogP contribution >= 0.6 is 0 Å². The van der Waals surface area contributed by atoms with Crippen molar-refractivity contribution in [3.63, 3.8) is 0 Å². The van der Waals surface area contributed by atoms with Crippen LogP contribution in [0.4, 0.5) is 0 Å². The molecule has 6 heteroatoms. The molecule has 1 amide bonds. The van der Waals surface area contributed by atoms with Crippen LogP contribution in [-0.4, -0.2) is 39.6 Å². The minimum atomic E-state index is -0.0996. The molecule has 0 radical (unpaired) electrons. The van der Waals surface area contributed by atoms with E-state index in [0.29, 0.717) is 11.2 Å². The smallest absolute Gasteiger partial charge is 0.257 e. The van der Waals surface area contributed by atoms with E-state index in [2.05, 4.69) is 20.7 Å². The number of hydrogen-bond donors (Lipinski definition) is 2. The minimum absolute atomic E-state index is 0.0996. The van der Waals surface area contributed by atoms with Crippen LogP contribution in [-0.2, 0) is 0 Å². The molecule has 2 aromatic rings. The number of amides is 1. The molecule has 1 atom stereocenters. The number of fused-ring (bicyclic) bond motifs is 1. The number of carbonyl (C=O) groups is 1. The Morgan fingerprint density at radius 2 is 2.50 bits per heavy atom. The number of carbonyl (C=O) groups excluding carboxylic acids is 1. The van der Waals surface area contributed by atoms with E-state index in [9.17, 15) is 4.79 Å². The van der Waals surface area contributed by atoms with Gasteiger partial charge < -0.3 is 10.6 Å². The average Bonchev–Trinajstić information content (AvgIpc) is 2.84. The van der Waals surface area contributed by atoms with E-state index in [0.717, 1.165) is 25.9 Å².